The molecule has 274 valence electrons. The van der Waals surface area contributed by atoms with E-state index >= 15 is 0 Å². The molecule has 0 aliphatic heterocycles. The van der Waals surface area contributed by atoms with E-state index in [4.69, 9.17) is 0 Å². The summed E-state index contributed by atoms with van der Waals surface area (Å²) in [5.41, 5.74) is 14.5. The van der Waals surface area contributed by atoms with E-state index in [2.05, 4.69) is 187 Å². The van der Waals surface area contributed by atoms with Crippen LogP contribution in [0.25, 0.3) is 78.8 Å². The van der Waals surface area contributed by atoms with Crippen molar-refractivity contribution in [1.29, 1.82) is 0 Å². The first kappa shape index (κ1) is 34.8. The number of rotatable bonds is 7. The van der Waals surface area contributed by atoms with E-state index in [0.717, 1.165) is 41.8 Å². The number of pyridine rings is 2. The highest BCUT2D eigenvalue weighted by Crippen LogP contribution is 2.42. The second-order valence-electron chi connectivity index (χ2n) is 15.7. The average molecular weight is 733 g/mol. The van der Waals surface area contributed by atoms with Gasteiger partial charge in [-0.3, -0.25) is 9.97 Å². The van der Waals surface area contributed by atoms with Crippen molar-refractivity contribution in [1.82, 2.24) is 9.97 Å². The number of hydrogen-bond donors (Lipinski definition) is 0. The SMILES string of the molecule is CC1C=c2c(-c3ccc(-c4ccccn4)cc3)c3cc(C4=CC(c5ccccc5)=CC(C5C=CC=CC5)C4)ccc3c(-c3ccc(-c4ccccn4)cc3)c2=CC1. The molecule has 2 aromatic heterocycles. The molecule has 2 heteroatoms. The fourth-order valence-corrected chi connectivity index (χ4v) is 9.12. The molecular formula is C55H44N2. The minimum Gasteiger partial charge on any atom is -0.256 e. The number of benzene rings is 5. The van der Waals surface area contributed by atoms with Crippen LogP contribution >= 0.6 is 0 Å². The standard InChI is InChI=1S/C55H44N2/c1-37-18-28-48-50(32-37)55(43-25-21-41(22-26-43)53-17-9-11-31-57-53)51-36-44(27-29-49(51)54(48)42-23-19-40(20-24-42)52-16-8-10-30-56-52)47-34-45(38-12-4-2-5-13-38)33-46(35-47)39-14-6-3-7-15-39/h2-14,16-17,19-34,36-37,39,46H,15,18,35H2,1H3. The largest absolute Gasteiger partial charge is 0.256 e. The van der Waals surface area contributed by atoms with E-state index < -0.39 is 0 Å². The molecule has 0 radical (unpaired) electrons. The van der Waals surface area contributed by atoms with Crippen molar-refractivity contribution in [2.45, 2.75) is 26.2 Å². The van der Waals surface area contributed by atoms with Crippen LogP contribution in [0.2, 0.25) is 0 Å². The maximum atomic E-state index is 4.65. The highest BCUT2D eigenvalue weighted by molar-refractivity contribution is 6.07. The molecule has 57 heavy (non-hydrogen) atoms. The number of aromatic nitrogens is 2. The van der Waals surface area contributed by atoms with Gasteiger partial charge in [0.25, 0.3) is 0 Å². The smallest absolute Gasteiger partial charge is 0.0701 e. The third-order valence-electron chi connectivity index (χ3n) is 12.0. The Balaban J connectivity index is 1.19. The fraction of sp³-hybridized carbons (Fsp3) is 0.127. The summed E-state index contributed by atoms with van der Waals surface area (Å²) in [5.74, 6) is 1.32. The molecular weight excluding hydrogens is 689 g/mol. The molecule has 3 aliphatic carbocycles. The van der Waals surface area contributed by atoms with E-state index in [1.807, 2.05) is 24.5 Å². The first-order valence-electron chi connectivity index (χ1n) is 20.3. The van der Waals surface area contributed by atoms with Gasteiger partial charge in [-0.15, -0.1) is 0 Å². The molecule has 3 atom stereocenters. The maximum Gasteiger partial charge on any atom is 0.0701 e. The van der Waals surface area contributed by atoms with Crippen molar-refractivity contribution < 1.29 is 0 Å². The summed E-state index contributed by atoms with van der Waals surface area (Å²) in [5, 5.41) is 5.21. The molecule has 0 N–H and O–H groups in total. The predicted molar refractivity (Wildman–Crippen MR) is 240 cm³/mol. The lowest BCUT2D eigenvalue weighted by atomic mass is 9.76. The van der Waals surface area contributed by atoms with Crippen LogP contribution in [0.15, 0.2) is 182 Å². The third kappa shape index (κ3) is 6.83. The lowest BCUT2D eigenvalue weighted by molar-refractivity contribution is 0.484. The quantitative estimate of drug-likeness (QED) is 0.163. The highest BCUT2D eigenvalue weighted by atomic mass is 14.7. The van der Waals surface area contributed by atoms with Crippen LogP contribution in [0, 0.1) is 17.8 Å². The Labute approximate surface area is 335 Å². The van der Waals surface area contributed by atoms with E-state index in [0.29, 0.717) is 17.8 Å². The van der Waals surface area contributed by atoms with Gasteiger partial charge in [0.2, 0.25) is 0 Å². The van der Waals surface area contributed by atoms with Crippen LogP contribution in [-0.4, -0.2) is 9.97 Å². The van der Waals surface area contributed by atoms with Crippen molar-refractivity contribution in [3.05, 3.63) is 204 Å². The van der Waals surface area contributed by atoms with Crippen molar-refractivity contribution in [2.75, 3.05) is 0 Å². The van der Waals surface area contributed by atoms with Gasteiger partial charge in [0.05, 0.1) is 11.4 Å². The average Bonchev–Trinajstić information content (AvgIpc) is 3.29. The highest BCUT2D eigenvalue weighted by Gasteiger charge is 2.25. The normalized spacial score (nSPS) is 18.6. The minimum atomic E-state index is 0.413. The van der Waals surface area contributed by atoms with Gasteiger partial charge in [-0.05, 0) is 133 Å². The summed E-state index contributed by atoms with van der Waals surface area (Å²) in [6.07, 6.45) is 25.9. The second-order valence-corrected chi connectivity index (χ2v) is 15.7. The molecule has 2 heterocycles. The second kappa shape index (κ2) is 15.1. The van der Waals surface area contributed by atoms with Gasteiger partial charge in [0.15, 0.2) is 0 Å². The molecule has 0 bridgehead atoms. The summed E-state index contributed by atoms with van der Waals surface area (Å²) < 4.78 is 0. The van der Waals surface area contributed by atoms with Crippen molar-refractivity contribution >= 4 is 34.1 Å². The van der Waals surface area contributed by atoms with Crippen LogP contribution in [0.1, 0.15) is 37.3 Å². The maximum absolute atomic E-state index is 4.65. The predicted octanol–water partition coefficient (Wildman–Crippen LogP) is 12.5. The van der Waals surface area contributed by atoms with Crippen LogP contribution < -0.4 is 10.4 Å². The fourth-order valence-electron chi connectivity index (χ4n) is 9.12. The Morgan fingerprint density at radius 1 is 0.509 bits per heavy atom. The Bertz CT molecular complexity index is 2840. The molecule has 10 rings (SSSR count). The molecule has 3 aliphatic rings. The van der Waals surface area contributed by atoms with E-state index in [1.165, 1.54) is 65.7 Å². The minimum absolute atomic E-state index is 0.413. The molecule has 0 saturated carbocycles. The van der Waals surface area contributed by atoms with Gasteiger partial charge in [-0.2, -0.15) is 0 Å². The van der Waals surface area contributed by atoms with Crippen molar-refractivity contribution in [2.24, 2.45) is 17.8 Å². The Morgan fingerprint density at radius 3 is 1.77 bits per heavy atom. The Kier molecular flexibility index (Phi) is 9.24. The summed E-state index contributed by atoms with van der Waals surface area (Å²) in [6, 6.07) is 48.5. The van der Waals surface area contributed by atoms with Gasteiger partial charge in [0, 0.05) is 23.5 Å². The van der Waals surface area contributed by atoms with E-state index in [-0.39, 0.29) is 0 Å². The van der Waals surface area contributed by atoms with Gasteiger partial charge in [0.1, 0.15) is 0 Å². The van der Waals surface area contributed by atoms with Crippen molar-refractivity contribution in [3.8, 4) is 44.8 Å². The lowest BCUT2D eigenvalue weighted by Crippen LogP contribution is -2.33. The van der Waals surface area contributed by atoms with Crippen LogP contribution in [0.5, 0.6) is 0 Å². The zero-order valence-corrected chi connectivity index (χ0v) is 32.2. The molecule has 2 nitrogen and oxygen atoms in total. The number of allylic oxidation sites excluding steroid dienone is 8. The monoisotopic (exact) mass is 732 g/mol. The number of nitrogens with zero attached hydrogens (tertiary/aromatic N) is 2. The van der Waals surface area contributed by atoms with Crippen LogP contribution in [0.3, 0.4) is 0 Å². The molecule has 0 spiro atoms. The Hall–Kier alpha value is -6.64. The summed E-state index contributed by atoms with van der Waals surface area (Å²) >= 11 is 0. The molecule has 7 aromatic rings. The van der Waals surface area contributed by atoms with Crippen LogP contribution in [0.4, 0.5) is 0 Å². The lowest BCUT2D eigenvalue weighted by Gasteiger charge is -2.28. The van der Waals surface area contributed by atoms with E-state index in [9.17, 15) is 0 Å². The summed E-state index contributed by atoms with van der Waals surface area (Å²) in [4.78, 5) is 9.28. The zero-order valence-electron chi connectivity index (χ0n) is 32.2. The molecule has 5 aromatic carbocycles. The Morgan fingerprint density at radius 2 is 1.14 bits per heavy atom. The topological polar surface area (TPSA) is 25.8 Å². The van der Waals surface area contributed by atoms with Gasteiger partial charge in [-0.25, -0.2) is 0 Å². The summed E-state index contributed by atoms with van der Waals surface area (Å²) in [6.45, 7) is 2.34. The third-order valence-corrected chi connectivity index (χ3v) is 12.0. The molecule has 0 fully saturated rings. The van der Waals surface area contributed by atoms with Gasteiger partial charge < -0.3 is 0 Å². The molecule has 3 unspecified atom stereocenters. The zero-order chi connectivity index (χ0) is 38.1. The van der Waals surface area contributed by atoms with E-state index in [1.54, 1.807) is 0 Å². The van der Waals surface area contributed by atoms with Crippen molar-refractivity contribution in [3.63, 3.8) is 0 Å². The van der Waals surface area contributed by atoms with Gasteiger partial charge in [-0.1, -0.05) is 159 Å². The first-order valence-corrected chi connectivity index (χ1v) is 20.3. The molecule has 0 amide bonds. The first-order chi connectivity index (χ1) is 28.2. The molecule has 0 saturated heterocycles. The van der Waals surface area contributed by atoms with Gasteiger partial charge >= 0.3 is 0 Å². The van der Waals surface area contributed by atoms with Crippen LogP contribution in [-0.2, 0) is 0 Å². The number of fused-ring (bicyclic) bond motifs is 2. The summed E-state index contributed by atoms with van der Waals surface area (Å²) in [7, 11) is 0. The number of hydrogen-bond acceptors (Lipinski definition) is 2.